The van der Waals surface area contributed by atoms with Crippen molar-refractivity contribution >= 4 is 44.3 Å². The number of nitrogens with zero attached hydrogens (tertiary/aromatic N) is 1. The Bertz CT molecular complexity index is 694. The second-order valence-corrected chi connectivity index (χ2v) is 9.78. The molecule has 0 radical (unpaired) electrons. The van der Waals surface area contributed by atoms with Gasteiger partial charge in [0, 0.05) is 23.3 Å². The summed E-state index contributed by atoms with van der Waals surface area (Å²) < 4.78 is 27.5. The Morgan fingerprint density at radius 2 is 1.90 bits per heavy atom. The molecular weight excluding hydrogens is 348 g/mol. The zero-order chi connectivity index (χ0) is 15.5. The molecule has 0 atom stereocenters. The zero-order valence-electron chi connectivity index (χ0n) is 11.8. The topological polar surface area (TPSA) is 49.4 Å². The first-order chi connectivity index (χ1) is 9.93. The van der Waals surface area contributed by atoms with Gasteiger partial charge in [0.1, 0.15) is 4.21 Å². The van der Waals surface area contributed by atoms with Crippen LogP contribution in [-0.2, 0) is 23.0 Å². The fourth-order valence-corrected chi connectivity index (χ4v) is 5.71. The predicted octanol–water partition coefficient (Wildman–Crippen LogP) is 3.05. The van der Waals surface area contributed by atoms with Crippen molar-refractivity contribution in [3.63, 3.8) is 0 Å². The largest absolute Gasteiger partial charge is 0.319 e. The van der Waals surface area contributed by atoms with Gasteiger partial charge in [-0.3, -0.25) is 0 Å². The Morgan fingerprint density at radius 3 is 2.52 bits per heavy atom. The third-order valence-electron chi connectivity index (χ3n) is 2.93. The third kappa shape index (κ3) is 4.28. The highest BCUT2D eigenvalue weighted by atomic mass is 35.5. The van der Waals surface area contributed by atoms with Crippen LogP contribution in [0.25, 0.3) is 0 Å². The van der Waals surface area contributed by atoms with Crippen LogP contribution >= 0.6 is 34.3 Å². The van der Waals surface area contributed by atoms with E-state index in [4.69, 9.17) is 11.6 Å². The standard InChI is InChI=1S/C13H17ClN2O2S3/c1-15-8-7-10-4-6-13(20-10)21(17,18)16(2)9-11-3-5-12(14)19-11/h3-6,15H,7-9H2,1-2H3. The summed E-state index contributed by atoms with van der Waals surface area (Å²) in [5, 5.41) is 3.06. The normalized spacial score (nSPS) is 12.2. The van der Waals surface area contributed by atoms with Gasteiger partial charge in [-0.1, -0.05) is 11.6 Å². The Labute approximate surface area is 138 Å². The van der Waals surface area contributed by atoms with Crippen molar-refractivity contribution in [3.05, 3.63) is 38.4 Å². The first-order valence-electron chi connectivity index (χ1n) is 6.37. The van der Waals surface area contributed by atoms with Gasteiger partial charge in [0.2, 0.25) is 0 Å². The van der Waals surface area contributed by atoms with Crippen molar-refractivity contribution in [3.8, 4) is 0 Å². The van der Waals surface area contributed by atoms with Gasteiger partial charge in [0.25, 0.3) is 10.0 Å². The number of sulfonamides is 1. The third-order valence-corrected chi connectivity index (χ3v) is 7.56. The maximum Gasteiger partial charge on any atom is 0.252 e. The molecule has 116 valence electrons. The minimum absolute atomic E-state index is 0.337. The molecule has 2 aromatic heterocycles. The van der Waals surface area contributed by atoms with Gasteiger partial charge in [-0.15, -0.1) is 22.7 Å². The van der Waals surface area contributed by atoms with E-state index in [0.717, 1.165) is 22.7 Å². The van der Waals surface area contributed by atoms with E-state index in [2.05, 4.69) is 5.32 Å². The number of nitrogens with one attached hydrogen (secondary N) is 1. The fraction of sp³-hybridized carbons (Fsp3) is 0.385. The second-order valence-electron chi connectivity index (χ2n) is 4.54. The van der Waals surface area contributed by atoms with E-state index in [0.29, 0.717) is 15.1 Å². The molecule has 8 heteroatoms. The minimum Gasteiger partial charge on any atom is -0.319 e. The number of hydrogen-bond acceptors (Lipinski definition) is 5. The average Bonchev–Trinajstić information content (AvgIpc) is 3.06. The molecule has 2 rings (SSSR count). The number of hydrogen-bond donors (Lipinski definition) is 1. The van der Waals surface area contributed by atoms with Crippen LogP contribution in [0.4, 0.5) is 0 Å². The summed E-state index contributed by atoms with van der Waals surface area (Å²) in [6.45, 7) is 1.17. The van der Waals surface area contributed by atoms with Gasteiger partial charge in [0.05, 0.1) is 4.34 Å². The smallest absolute Gasteiger partial charge is 0.252 e. The van der Waals surface area contributed by atoms with Gasteiger partial charge >= 0.3 is 0 Å². The van der Waals surface area contributed by atoms with Crippen LogP contribution in [0.1, 0.15) is 9.75 Å². The van der Waals surface area contributed by atoms with Gasteiger partial charge < -0.3 is 5.32 Å². The maximum atomic E-state index is 12.5. The van der Waals surface area contributed by atoms with Crippen molar-refractivity contribution in [2.75, 3.05) is 20.6 Å². The van der Waals surface area contributed by atoms with Crippen molar-refractivity contribution in [1.82, 2.24) is 9.62 Å². The molecule has 0 aliphatic heterocycles. The van der Waals surface area contributed by atoms with Crippen LogP contribution in [0, 0.1) is 0 Å². The molecule has 2 aromatic rings. The van der Waals surface area contributed by atoms with Gasteiger partial charge in [0.15, 0.2) is 0 Å². The molecule has 0 saturated heterocycles. The molecule has 0 bridgehead atoms. The summed E-state index contributed by atoms with van der Waals surface area (Å²) in [4.78, 5) is 1.99. The Morgan fingerprint density at radius 1 is 1.19 bits per heavy atom. The molecule has 0 spiro atoms. The Hall–Kier alpha value is -0.440. The van der Waals surface area contributed by atoms with E-state index in [1.165, 1.54) is 27.0 Å². The van der Waals surface area contributed by atoms with E-state index >= 15 is 0 Å². The first kappa shape index (κ1) is 16.9. The lowest BCUT2D eigenvalue weighted by Gasteiger charge is -2.14. The SMILES string of the molecule is CNCCc1ccc(S(=O)(=O)N(C)Cc2ccc(Cl)s2)s1. The van der Waals surface area contributed by atoms with Crippen LogP contribution in [0.3, 0.4) is 0 Å². The highest BCUT2D eigenvalue weighted by Crippen LogP contribution is 2.27. The number of halogens is 1. The Kier molecular flexibility index (Phi) is 5.81. The molecule has 0 unspecified atom stereocenters. The van der Waals surface area contributed by atoms with Gasteiger partial charge in [-0.2, -0.15) is 4.31 Å². The molecular formula is C13H17ClN2O2S3. The van der Waals surface area contributed by atoms with E-state index < -0.39 is 10.0 Å². The van der Waals surface area contributed by atoms with Crippen LogP contribution in [0.15, 0.2) is 28.5 Å². The second kappa shape index (κ2) is 7.21. The Balaban J connectivity index is 2.11. The van der Waals surface area contributed by atoms with Crippen molar-refractivity contribution < 1.29 is 8.42 Å². The quantitative estimate of drug-likeness (QED) is 0.821. The summed E-state index contributed by atoms with van der Waals surface area (Å²) in [7, 11) is 0.0363. The molecule has 0 saturated carbocycles. The van der Waals surface area contributed by atoms with E-state index in [1.54, 1.807) is 19.2 Å². The highest BCUT2D eigenvalue weighted by molar-refractivity contribution is 7.91. The van der Waals surface area contributed by atoms with Crippen LogP contribution < -0.4 is 5.32 Å². The lowest BCUT2D eigenvalue weighted by Crippen LogP contribution is -2.25. The molecule has 2 heterocycles. The molecule has 0 fully saturated rings. The van der Waals surface area contributed by atoms with Gasteiger partial charge in [-0.25, -0.2) is 8.42 Å². The zero-order valence-corrected chi connectivity index (χ0v) is 15.0. The van der Waals surface area contributed by atoms with Crippen molar-refractivity contribution in [2.24, 2.45) is 0 Å². The fourth-order valence-electron chi connectivity index (χ4n) is 1.77. The number of likely N-dealkylation sites (N-methyl/N-ethyl adjacent to an activating group) is 1. The number of rotatable bonds is 7. The molecule has 0 aliphatic rings. The predicted molar refractivity (Wildman–Crippen MR) is 89.9 cm³/mol. The average molecular weight is 365 g/mol. The molecule has 1 N–H and O–H groups in total. The molecule has 4 nitrogen and oxygen atoms in total. The maximum absolute atomic E-state index is 12.5. The van der Waals surface area contributed by atoms with Crippen LogP contribution in [-0.4, -0.2) is 33.4 Å². The summed E-state index contributed by atoms with van der Waals surface area (Å²) in [5.74, 6) is 0. The lowest BCUT2D eigenvalue weighted by molar-refractivity contribution is 0.471. The highest BCUT2D eigenvalue weighted by Gasteiger charge is 2.23. The minimum atomic E-state index is -3.44. The van der Waals surface area contributed by atoms with Crippen LogP contribution in [0.5, 0.6) is 0 Å². The van der Waals surface area contributed by atoms with Gasteiger partial charge in [-0.05, 0) is 44.3 Å². The van der Waals surface area contributed by atoms with Crippen LogP contribution in [0.2, 0.25) is 4.34 Å². The summed E-state index contributed by atoms with van der Waals surface area (Å²) in [6.07, 6.45) is 0.834. The summed E-state index contributed by atoms with van der Waals surface area (Å²) in [5.41, 5.74) is 0. The van der Waals surface area contributed by atoms with Crippen molar-refractivity contribution in [1.29, 1.82) is 0 Å². The van der Waals surface area contributed by atoms with E-state index in [-0.39, 0.29) is 0 Å². The lowest BCUT2D eigenvalue weighted by atomic mass is 10.3. The van der Waals surface area contributed by atoms with E-state index in [9.17, 15) is 8.42 Å². The first-order valence-corrected chi connectivity index (χ1v) is 9.82. The molecule has 0 aliphatic carbocycles. The number of thiophene rings is 2. The van der Waals surface area contributed by atoms with E-state index in [1.807, 2.05) is 19.2 Å². The summed E-state index contributed by atoms with van der Waals surface area (Å²) >= 11 is 8.60. The molecule has 0 amide bonds. The monoisotopic (exact) mass is 364 g/mol. The molecule has 21 heavy (non-hydrogen) atoms. The van der Waals surface area contributed by atoms with Crippen molar-refractivity contribution in [2.45, 2.75) is 17.2 Å². The molecule has 0 aromatic carbocycles. The summed E-state index contributed by atoms with van der Waals surface area (Å²) in [6, 6.07) is 7.20.